The predicted molar refractivity (Wildman–Crippen MR) is 68.6 cm³/mol. The molecule has 0 saturated heterocycles. The van der Waals surface area contributed by atoms with Crippen LogP contribution in [0.4, 0.5) is 0 Å². The number of carbonyl (C=O) groups excluding carboxylic acids is 1. The number of aryl methyl sites for hydroxylation is 1. The third-order valence-corrected chi connectivity index (χ3v) is 2.76. The molecule has 0 bridgehead atoms. The lowest BCUT2D eigenvalue weighted by Gasteiger charge is -2.20. The molecular formula is C13H21N3O. The minimum Gasteiger partial charge on any atom is -0.345 e. The van der Waals surface area contributed by atoms with E-state index in [1.54, 1.807) is 4.90 Å². The zero-order valence-corrected chi connectivity index (χ0v) is 11.0. The molecule has 17 heavy (non-hydrogen) atoms. The van der Waals surface area contributed by atoms with Crippen LogP contribution in [-0.2, 0) is 11.3 Å². The number of hydrogen-bond acceptors (Lipinski definition) is 3. The Morgan fingerprint density at radius 2 is 2.24 bits per heavy atom. The number of hydrogen-bond donors (Lipinski definition) is 1. The van der Waals surface area contributed by atoms with E-state index < -0.39 is 0 Å². The van der Waals surface area contributed by atoms with Gasteiger partial charge in [0, 0.05) is 25.8 Å². The number of carbonyl (C=O) groups is 1. The Balaban J connectivity index is 2.48. The molecular weight excluding hydrogens is 214 g/mol. The molecule has 1 rings (SSSR count). The summed E-state index contributed by atoms with van der Waals surface area (Å²) >= 11 is 0. The van der Waals surface area contributed by atoms with Gasteiger partial charge in [0.2, 0.25) is 5.91 Å². The number of aromatic nitrogens is 1. The van der Waals surface area contributed by atoms with Crippen LogP contribution in [0.3, 0.4) is 0 Å². The molecule has 0 radical (unpaired) electrons. The van der Waals surface area contributed by atoms with E-state index in [4.69, 9.17) is 0 Å². The molecule has 0 aliphatic heterocycles. The average Bonchev–Trinajstić information content (AvgIpc) is 2.34. The van der Waals surface area contributed by atoms with Gasteiger partial charge in [-0.3, -0.25) is 9.78 Å². The van der Waals surface area contributed by atoms with Crippen molar-refractivity contribution in [3.8, 4) is 0 Å². The molecule has 1 amide bonds. The maximum absolute atomic E-state index is 11.8. The number of nitrogens with zero attached hydrogens (tertiary/aromatic N) is 2. The molecule has 4 heteroatoms. The van der Waals surface area contributed by atoms with Crippen LogP contribution in [0.25, 0.3) is 0 Å². The fourth-order valence-corrected chi connectivity index (χ4v) is 1.53. The van der Waals surface area contributed by atoms with Gasteiger partial charge in [-0.1, -0.05) is 6.07 Å². The van der Waals surface area contributed by atoms with Gasteiger partial charge in [0.1, 0.15) is 0 Å². The highest BCUT2D eigenvalue weighted by molar-refractivity contribution is 5.81. The van der Waals surface area contributed by atoms with Gasteiger partial charge < -0.3 is 10.2 Å². The molecule has 0 aliphatic rings. The summed E-state index contributed by atoms with van der Waals surface area (Å²) in [6, 6.07) is 5.72. The molecule has 94 valence electrons. The fraction of sp³-hybridized carbons (Fsp3) is 0.538. The second kappa shape index (κ2) is 6.35. The maximum Gasteiger partial charge on any atom is 0.239 e. The normalized spacial score (nSPS) is 12.2. The van der Waals surface area contributed by atoms with Crippen LogP contribution in [0, 0.1) is 6.92 Å². The minimum absolute atomic E-state index is 0.111. The van der Waals surface area contributed by atoms with Gasteiger partial charge in [0.05, 0.1) is 11.7 Å². The van der Waals surface area contributed by atoms with E-state index in [2.05, 4.69) is 10.3 Å². The van der Waals surface area contributed by atoms with Gasteiger partial charge >= 0.3 is 0 Å². The van der Waals surface area contributed by atoms with Crippen LogP contribution in [0.1, 0.15) is 25.2 Å². The number of amides is 1. The van der Waals surface area contributed by atoms with Gasteiger partial charge in [-0.05, 0) is 32.9 Å². The van der Waals surface area contributed by atoms with E-state index in [0.717, 1.165) is 17.9 Å². The largest absolute Gasteiger partial charge is 0.345 e. The lowest BCUT2D eigenvalue weighted by molar-refractivity contribution is -0.131. The van der Waals surface area contributed by atoms with E-state index in [1.807, 2.05) is 46.0 Å². The second-order valence-electron chi connectivity index (χ2n) is 4.23. The molecule has 4 nitrogen and oxygen atoms in total. The first kappa shape index (κ1) is 13.6. The van der Waals surface area contributed by atoms with Gasteiger partial charge in [0.25, 0.3) is 0 Å². The monoisotopic (exact) mass is 235 g/mol. The van der Waals surface area contributed by atoms with Gasteiger partial charge in [-0.15, -0.1) is 0 Å². The van der Waals surface area contributed by atoms with Crippen molar-refractivity contribution >= 4 is 5.91 Å². The lowest BCUT2D eigenvalue weighted by Crippen LogP contribution is -2.42. The first-order valence-electron chi connectivity index (χ1n) is 5.95. The van der Waals surface area contributed by atoms with Crippen molar-refractivity contribution in [1.82, 2.24) is 15.2 Å². The van der Waals surface area contributed by atoms with Crippen LogP contribution in [0.2, 0.25) is 0 Å². The van der Waals surface area contributed by atoms with E-state index in [9.17, 15) is 4.79 Å². The minimum atomic E-state index is -0.178. The molecule has 1 aromatic heterocycles. The van der Waals surface area contributed by atoms with E-state index >= 15 is 0 Å². The summed E-state index contributed by atoms with van der Waals surface area (Å²) < 4.78 is 0. The molecule has 0 spiro atoms. The molecule has 1 N–H and O–H groups in total. The van der Waals surface area contributed by atoms with Crippen molar-refractivity contribution in [3.05, 3.63) is 29.6 Å². The lowest BCUT2D eigenvalue weighted by atomic mass is 10.2. The Bertz CT molecular complexity index is 379. The van der Waals surface area contributed by atoms with Gasteiger partial charge in [-0.25, -0.2) is 0 Å². The summed E-state index contributed by atoms with van der Waals surface area (Å²) in [5, 5.41) is 3.19. The zero-order valence-electron chi connectivity index (χ0n) is 11.0. The summed E-state index contributed by atoms with van der Waals surface area (Å²) in [5.74, 6) is 0.111. The second-order valence-corrected chi connectivity index (χ2v) is 4.23. The topological polar surface area (TPSA) is 45.2 Å². The smallest absolute Gasteiger partial charge is 0.239 e. The third-order valence-electron chi connectivity index (χ3n) is 2.76. The van der Waals surface area contributed by atoms with E-state index in [-0.39, 0.29) is 11.9 Å². The molecule has 0 saturated carbocycles. The fourth-order valence-electron chi connectivity index (χ4n) is 1.53. The van der Waals surface area contributed by atoms with Gasteiger partial charge in [-0.2, -0.15) is 0 Å². The van der Waals surface area contributed by atoms with Gasteiger partial charge in [0.15, 0.2) is 0 Å². The Hall–Kier alpha value is -1.42. The number of rotatable bonds is 5. The highest BCUT2D eigenvalue weighted by Gasteiger charge is 2.15. The van der Waals surface area contributed by atoms with Crippen LogP contribution in [-0.4, -0.2) is 35.4 Å². The number of pyridine rings is 1. The molecule has 1 heterocycles. The average molecular weight is 235 g/mol. The Morgan fingerprint density at radius 1 is 1.53 bits per heavy atom. The Morgan fingerprint density at radius 3 is 2.82 bits per heavy atom. The molecule has 0 aromatic carbocycles. The Kier molecular flexibility index (Phi) is 5.10. The van der Waals surface area contributed by atoms with Crippen molar-refractivity contribution in [2.75, 3.05) is 13.6 Å². The molecule has 1 aromatic rings. The van der Waals surface area contributed by atoms with Crippen LogP contribution < -0.4 is 5.32 Å². The molecule has 0 fully saturated rings. The van der Waals surface area contributed by atoms with Crippen molar-refractivity contribution in [2.24, 2.45) is 0 Å². The zero-order chi connectivity index (χ0) is 12.8. The quantitative estimate of drug-likeness (QED) is 0.838. The Labute approximate surface area is 103 Å². The van der Waals surface area contributed by atoms with Crippen molar-refractivity contribution in [2.45, 2.75) is 33.4 Å². The van der Waals surface area contributed by atoms with E-state index in [0.29, 0.717) is 6.54 Å². The molecule has 0 aliphatic carbocycles. The first-order valence-corrected chi connectivity index (χ1v) is 5.95. The summed E-state index contributed by atoms with van der Waals surface area (Å²) in [5.41, 5.74) is 1.96. The first-order chi connectivity index (χ1) is 8.04. The standard InChI is InChI=1S/C13H21N3O/c1-5-16(4)13(17)11(3)14-9-12-8-6-7-10(2)15-12/h6-8,11,14H,5,9H2,1-4H3. The van der Waals surface area contributed by atoms with Crippen LogP contribution >= 0.6 is 0 Å². The number of likely N-dealkylation sites (N-methyl/N-ethyl adjacent to an activating group) is 1. The highest BCUT2D eigenvalue weighted by Crippen LogP contribution is 1.99. The summed E-state index contributed by atoms with van der Waals surface area (Å²) in [6.07, 6.45) is 0. The van der Waals surface area contributed by atoms with E-state index in [1.165, 1.54) is 0 Å². The number of nitrogens with one attached hydrogen (secondary N) is 1. The SMILES string of the molecule is CCN(C)C(=O)C(C)NCc1cccc(C)n1. The summed E-state index contributed by atoms with van der Waals surface area (Å²) in [6.45, 7) is 7.15. The van der Waals surface area contributed by atoms with Crippen LogP contribution in [0.15, 0.2) is 18.2 Å². The maximum atomic E-state index is 11.8. The predicted octanol–water partition coefficient (Wildman–Crippen LogP) is 1.35. The van der Waals surface area contributed by atoms with Crippen LogP contribution in [0.5, 0.6) is 0 Å². The third kappa shape index (κ3) is 4.15. The van der Waals surface area contributed by atoms with Crippen molar-refractivity contribution in [1.29, 1.82) is 0 Å². The summed E-state index contributed by atoms with van der Waals surface area (Å²) in [4.78, 5) is 17.9. The molecule has 1 unspecified atom stereocenters. The van der Waals surface area contributed by atoms with Crippen molar-refractivity contribution in [3.63, 3.8) is 0 Å². The summed E-state index contributed by atoms with van der Waals surface area (Å²) in [7, 11) is 1.81. The highest BCUT2D eigenvalue weighted by atomic mass is 16.2. The molecule has 1 atom stereocenters. The van der Waals surface area contributed by atoms with Crippen molar-refractivity contribution < 1.29 is 4.79 Å².